The lowest BCUT2D eigenvalue weighted by Crippen LogP contribution is -2.14. The van der Waals surface area contributed by atoms with E-state index in [1.807, 2.05) is 36.7 Å². The van der Waals surface area contributed by atoms with E-state index in [0.717, 1.165) is 15.9 Å². The summed E-state index contributed by atoms with van der Waals surface area (Å²) in [6, 6.07) is 5.90. The highest BCUT2D eigenvalue weighted by molar-refractivity contribution is 9.10. The molecule has 0 bridgehead atoms. The minimum atomic E-state index is 0.613. The van der Waals surface area contributed by atoms with Crippen LogP contribution in [0.15, 0.2) is 28.9 Å². The molecule has 0 radical (unpaired) electrons. The van der Waals surface area contributed by atoms with Gasteiger partial charge in [-0.25, -0.2) is 4.98 Å². The number of hydrogen-bond acceptors (Lipinski definition) is 3. The van der Waals surface area contributed by atoms with Crippen molar-refractivity contribution in [3.05, 3.63) is 40.3 Å². The first-order chi connectivity index (χ1) is 7.58. The third kappa shape index (κ3) is 2.04. The van der Waals surface area contributed by atoms with E-state index in [1.54, 1.807) is 6.20 Å². The summed E-state index contributed by atoms with van der Waals surface area (Å²) in [7, 11) is 0. The predicted molar refractivity (Wildman–Crippen MR) is 69.3 cm³/mol. The Kier molecular flexibility index (Phi) is 2.87. The fourth-order valence-electron chi connectivity index (χ4n) is 1.50. The summed E-state index contributed by atoms with van der Waals surface area (Å²) in [5.74, 6) is 0.658. The van der Waals surface area contributed by atoms with Crippen LogP contribution < -0.4 is 11.2 Å². The van der Waals surface area contributed by atoms with Crippen molar-refractivity contribution in [2.24, 2.45) is 0 Å². The van der Waals surface area contributed by atoms with Gasteiger partial charge in [0.1, 0.15) is 0 Å². The Hall–Kier alpha value is -1.49. The van der Waals surface area contributed by atoms with Crippen molar-refractivity contribution in [1.29, 1.82) is 0 Å². The highest BCUT2D eigenvalue weighted by Crippen LogP contribution is 2.20. The van der Waals surface area contributed by atoms with E-state index in [0.29, 0.717) is 11.5 Å². The molecular formula is C11H13BrN4. The molecule has 0 saturated carbocycles. The smallest absolute Gasteiger partial charge is 0.168 e. The molecule has 2 aromatic rings. The number of aryl methyl sites for hydroxylation is 2. The average Bonchev–Trinajstić information content (AvgIpc) is 2.53. The number of nitrogens with two attached hydrogens (primary N) is 1. The SMILES string of the molecule is Cc1ccc(C)n1Nc1ncc(Br)cc1N. The van der Waals surface area contributed by atoms with Crippen LogP contribution in [0.3, 0.4) is 0 Å². The van der Waals surface area contributed by atoms with Crippen LogP contribution in [0.2, 0.25) is 0 Å². The normalized spacial score (nSPS) is 10.4. The fraction of sp³-hybridized carbons (Fsp3) is 0.182. The molecule has 5 heteroatoms. The maximum absolute atomic E-state index is 5.87. The Morgan fingerprint density at radius 3 is 2.50 bits per heavy atom. The molecule has 2 aromatic heterocycles. The summed E-state index contributed by atoms with van der Waals surface area (Å²) >= 11 is 3.33. The lowest BCUT2D eigenvalue weighted by molar-refractivity contribution is 0.872. The van der Waals surface area contributed by atoms with Gasteiger partial charge < -0.3 is 5.73 Å². The second-order valence-electron chi connectivity index (χ2n) is 3.65. The summed E-state index contributed by atoms with van der Waals surface area (Å²) in [5.41, 5.74) is 11.9. The number of nitrogens with zero attached hydrogens (tertiary/aromatic N) is 2. The number of rotatable bonds is 2. The lowest BCUT2D eigenvalue weighted by atomic mass is 10.4. The molecule has 0 atom stereocenters. The van der Waals surface area contributed by atoms with E-state index in [9.17, 15) is 0 Å². The van der Waals surface area contributed by atoms with Crippen molar-refractivity contribution < 1.29 is 0 Å². The molecule has 0 aliphatic rings. The molecule has 3 N–H and O–H groups in total. The number of hydrogen-bond donors (Lipinski definition) is 2. The maximum atomic E-state index is 5.87. The minimum Gasteiger partial charge on any atom is -0.396 e. The van der Waals surface area contributed by atoms with Crippen molar-refractivity contribution in [3.8, 4) is 0 Å². The maximum Gasteiger partial charge on any atom is 0.168 e. The summed E-state index contributed by atoms with van der Waals surface area (Å²) < 4.78 is 2.82. The van der Waals surface area contributed by atoms with Crippen molar-refractivity contribution in [2.45, 2.75) is 13.8 Å². The van der Waals surface area contributed by atoms with E-state index in [1.165, 1.54) is 0 Å². The Morgan fingerprint density at radius 1 is 1.31 bits per heavy atom. The van der Waals surface area contributed by atoms with Crippen LogP contribution in [-0.4, -0.2) is 9.66 Å². The molecular weight excluding hydrogens is 268 g/mol. The first-order valence-electron chi connectivity index (χ1n) is 4.91. The van der Waals surface area contributed by atoms with Crippen LogP contribution in [0.4, 0.5) is 11.5 Å². The van der Waals surface area contributed by atoms with E-state index in [-0.39, 0.29) is 0 Å². The molecule has 0 fully saturated rings. The zero-order valence-electron chi connectivity index (χ0n) is 9.16. The number of anilines is 2. The molecule has 84 valence electrons. The predicted octanol–water partition coefficient (Wildman–Crippen LogP) is 2.72. The molecule has 4 nitrogen and oxygen atoms in total. The average molecular weight is 281 g/mol. The number of halogens is 1. The first kappa shape index (κ1) is 11.0. The Labute approximate surface area is 103 Å². The highest BCUT2D eigenvalue weighted by atomic mass is 79.9. The van der Waals surface area contributed by atoms with Crippen molar-refractivity contribution in [1.82, 2.24) is 9.66 Å². The van der Waals surface area contributed by atoms with E-state index in [2.05, 4.69) is 26.3 Å². The Bertz CT molecular complexity index is 499. The number of pyridine rings is 1. The van der Waals surface area contributed by atoms with Gasteiger partial charge in [0.15, 0.2) is 5.82 Å². The van der Waals surface area contributed by atoms with E-state index < -0.39 is 0 Å². The minimum absolute atomic E-state index is 0.613. The molecule has 16 heavy (non-hydrogen) atoms. The number of nitrogens with one attached hydrogen (secondary N) is 1. The van der Waals surface area contributed by atoms with Crippen LogP contribution in [0.25, 0.3) is 0 Å². The molecule has 0 amide bonds. The quantitative estimate of drug-likeness (QED) is 0.889. The summed E-state index contributed by atoms with van der Waals surface area (Å²) in [6.45, 7) is 4.05. The highest BCUT2D eigenvalue weighted by Gasteiger charge is 2.05. The number of aromatic nitrogens is 2. The third-order valence-electron chi connectivity index (χ3n) is 2.37. The number of nitrogen functional groups attached to an aromatic ring is 1. The van der Waals surface area contributed by atoms with Crippen LogP contribution in [0.5, 0.6) is 0 Å². The Morgan fingerprint density at radius 2 is 1.94 bits per heavy atom. The molecule has 0 saturated heterocycles. The van der Waals surface area contributed by atoms with Gasteiger partial charge in [-0.05, 0) is 48.0 Å². The van der Waals surface area contributed by atoms with Gasteiger partial charge in [-0.3, -0.25) is 10.1 Å². The first-order valence-corrected chi connectivity index (χ1v) is 5.70. The lowest BCUT2D eigenvalue weighted by Gasteiger charge is -2.13. The van der Waals surface area contributed by atoms with Gasteiger partial charge in [0.05, 0.1) is 5.69 Å². The zero-order chi connectivity index (χ0) is 11.7. The van der Waals surface area contributed by atoms with Gasteiger partial charge in [0, 0.05) is 22.1 Å². The summed E-state index contributed by atoms with van der Waals surface area (Å²) in [5, 5.41) is 0. The second kappa shape index (κ2) is 4.17. The van der Waals surface area contributed by atoms with Gasteiger partial charge in [-0.15, -0.1) is 0 Å². The second-order valence-corrected chi connectivity index (χ2v) is 4.57. The molecule has 2 rings (SSSR count). The molecule has 2 heterocycles. The largest absolute Gasteiger partial charge is 0.396 e. The van der Waals surface area contributed by atoms with Crippen molar-refractivity contribution >= 4 is 27.4 Å². The van der Waals surface area contributed by atoms with E-state index >= 15 is 0 Å². The Balaban J connectivity index is 2.34. The van der Waals surface area contributed by atoms with Crippen LogP contribution in [-0.2, 0) is 0 Å². The van der Waals surface area contributed by atoms with Crippen LogP contribution in [0.1, 0.15) is 11.4 Å². The van der Waals surface area contributed by atoms with Gasteiger partial charge in [-0.2, -0.15) is 0 Å². The monoisotopic (exact) mass is 280 g/mol. The summed E-state index contributed by atoms with van der Waals surface area (Å²) in [6.07, 6.45) is 1.72. The van der Waals surface area contributed by atoms with Gasteiger partial charge in [-0.1, -0.05) is 0 Å². The molecule has 0 aliphatic carbocycles. The van der Waals surface area contributed by atoms with Crippen molar-refractivity contribution in [2.75, 3.05) is 11.2 Å². The van der Waals surface area contributed by atoms with Gasteiger partial charge in [0.25, 0.3) is 0 Å². The zero-order valence-corrected chi connectivity index (χ0v) is 10.7. The summed E-state index contributed by atoms with van der Waals surface area (Å²) in [4.78, 5) is 4.23. The topological polar surface area (TPSA) is 55.9 Å². The molecule has 0 aromatic carbocycles. The van der Waals surface area contributed by atoms with Crippen LogP contribution >= 0.6 is 15.9 Å². The molecule has 0 aliphatic heterocycles. The third-order valence-corrected chi connectivity index (χ3v) is 2.81. The molecule has 0 unspecified atom stereocenters. The van der Waals surface area contributed by atoms with Crippen molar-refractivity contribution in [3.63, 3.8) is 0 Å². The standard InChI is InChI=1S/C11H13BrN4/c1-7-3-4-8(2)16(7)15-11-10(13)5-9(12)6-14-11/h3-6H,13H2,1-2H3,(H,14,15). The molecule has 0 spiro atoms. The van der Waals surface area contributed by atoms with Gasteiger partial charge >= 0.3 is 0 Å². The van der Waals surface area contributed by atoms with E-state index in [4.69, 9.17) is 5.73 Å². The van der Waals surface area contributed by atoms with Gasteiger partial charge in [0.2, 0.25) is 0 Å². The fourth-order valence-corrected chi connectivity index (χ4v) is 1.85. The van der Waals surface area contributed by atoms with Crippen LogP contribution in [0, 0.1) is 13.8 Å².